The number of nitrogens with zero attached hydrogens (tertiary/aromatic N) is 2. The van der Waals surface area contributed by atoms with Crippen molar-refractivity contribution in [2.24, 2.45) is 5.73 Å². The third-order valence-electron chi connectivity index (χ3n) is 8.63. The first-order valence-corrected chi connectivity index (χ1v) is 16.6. The zero-order valence-electron chi connectivity index (χ0n) is 22.8. The number of hydrogen-bond donors (Lipinski definition) is 2. The molecule has 0 radical (unpaired) electrons. The Kier molecular flexibility index (Phi) is 7.56. The number of hydrogen-bond acceptors (Lipinski definition) is 5. The van der Waals surface area contributed by atoms with Gasteiger partial charge < -0.3 is 10.7 Å². The van der Waals surface area contributed by atoms with Crippen LogP contribution in [0.5, 0.6) is 0 Å². The van der Waals surface area contributed by atoms with E-state index in [9.17, 15) is 13.2 Å². The number of aromatic amines is 1. The van der Waals surface area contributed by atoms with Gasteiger partial charge in [0, 0.05) is 42.1 Å². The Labute approximate surface area is 240 Å². The highest BCUT2D eigenvalue weighted by atomic mass is 32.2. The van der Waals surface area contributed by atoms with Crippen molar-refractivity contribution in [1.29, 1.82) is 0 Å². The number of benzene rings is 2. The van der Waals surface area contributed by atoms with Crippen molar-refractivity contribution in [3.8, 4) is 11.1 Å². The molecule has 2 aromatic carbocycles. The van der Waals surface area contributed by atoms with Crippen molar-refractivity contribution in [2.45, 2.75) is 51.1 Å². The van der Waals surface area contributed by atoms with Gasteiger partial charge in [-0.15, -0.1) is 11.3 Å². The van der Waals surface area contributed by atoms with Gasteiger partial charge in [-0.25, -0.2) is 12.7 Å². The molecule has 2 aromatic heterocycles. The van der Waals surface area contributed by atoms with E-state index in [0.717, 1.165) is 53.5 Å². The van der Waals surface area contributed by atoms with Crippen LogP contribution in [0.4, 0.5) is 0 Å². The van der Waals surface area contributed by atoms with E-state index in [-0.39, 0.29) is 11.7 Å². The maximum absolute atomic E-state index is 12.5. The summed E-state index contributed by atoms with van der Waals surface area (Å²) in [6, 6.07) is 17.5. The number of carbonyl (C=O) groups is 1. The highest BCUT2D eigenvalue weighted by Gasteiger charge is 2.30. The molecule has 2 fully saturated rings. The maximum atomic E-state index is 12.5. The Bertz CT molecular complexity index is 1620. The summed E-state index contributed by atoms with van der Waals surface area (Å²) in [5.41, 5.74) is 11.7. The lowest BCUT2D eigenvalue weighted by Gasteiger charge is -2.31. The van der Waals surface area contributed by atoms with Crippen LogP contribution in [0.15, 0.2) is 60.1 Å². The summed E-state index contributed by atoms with van der Waals surface area (Å²) in [7, 11) is -3.18. The quantitative estimate of drug-likeness (QED) is 0.274. The first-order valence-electron chi connectivity index (χ1n) is 14.1. The number of thiophene rings is 1. The third-order valence-corrected chi connectivity index (χ3v) is 11.4. The van der Waals surface area contributed by atoms with E-state index in [2.05, 4.69) is 57.7 Å². The average Bonchev–Trinajstić information content (AvgIpc) is 3.73. The molecule has 0 spiro atoms. The predicted octanol–water partition coefficient (Wildman–Crippen LogP) is 5.86. The average molecular weight is 577 g/mol. The van der Waals surface area contributed by atoms with Crippen LogP contribution in [0.25, 0.3) is 22.0 Å². The molecule has 2 aliphatic rings. The van der Waals surface area contributed by atoms with Crippen molar-refractivity contribution in [3.05, 3.63) is 81.7 Å². The van der Waals surface area contributed by atoms with E-state index < -0.39 is 15.9 Å². The number of nitrogens with two attached hydrogens (primary N) is 1. The maximum Gasteiger partial charge on any atom is 0.250 e. The Morgan fingerprint density at radius 1 is 1.05 bits per heavy atom. The Morgan fingerprint density at radius 3 is 2.55 bits per heavy atom. The molecule has 1 amide bonds. The third kappa shape index (κ3) is 5.23. The molecule has 0 aliphatic carbocycles. The topological polar surface area (TPSA) is 99.5 Å². The lowest BCUT2D eigenvalue weighted by atomic mass is 9.88. The molecule has 6 rings (SSSR count). The lowest BCUT2D eigenvalue weighted by Crippen LogP contribution is -2.38. The summed E-state index contributed by atoms with van der Waals surface area (Å²) < 4.78 is 26.3. The summed E-state index contributed by atoms with van der Waals surface area (Å²) >= 11 is 1.76. The molecule has 1 unspecified atom stereocenters. The SMILES string of the molecule is CCS(=O)(=O)N1CCC(c2c[nH]c3c(C(N)=O)cc(-c4csc(CN5CCCC5c5ccccc5)c4)cc23)CC1. The van der Waals surface area contributed by atoms with Gasteiger partial charge in [0.05, 0.1) is 16.8 Å². The highest BCUT2D eigenvalue weighted by Crippen LogP contribution is 2.39. The molecule has 4 heterocycles. The molecule has 3 N–H and O–H groups in total. The van der Waals surface area contributed by atoms with Gasteiger partial charge in [-0.3, -0.25) is 9.69 Å². The van der Waals surface area contributed by atoms with Crippen molar-refractivity contribution in [1.82, 2.24) is 14.2 Å². The van der Waals surface area contributed by atoms with Crippen LogP contribution < -0.4 is 5.73 Å². The van der Waals surface area contributed by atoms with E-state index in [4.69, 9.17) is 5.73 Å². The van der Waals surface area contributed by atoms with Crippen LogP contribution >= 0.6 is 11.3 Å². The fourth-order valence-electron chi connectivity index (χ4n) is 6.46. The predicted molar refractivity (Wildman–Crippen MR) is 162 cm³/mol. The van der Waals surface area contributed by atoms with Crippen LogP contribution in [0.2, 0.25) is 0 Å². The first-order chi connectivity index (χ1) is 19.3. The Balaban J connectivity index is 1.27. The molecular weight excluding hydrogens is 541 g/mol. The molecular formula is C31H36N4O3S2. The van der Waals surface area contributed by atoms with Gasteiger partial charge in [0.25, 0.3) is 5.91 Å². The minimum Gasteiger partial charge on any atom is -0.366 e. The number of H-pyrrole nitrogens is 1. The zero-order chi connectivity index (χ0) is 27.9. The fourth-order valence-corrected chi connectivity index (χ4v) is 8.51. The summed E-state index contributed by atoms with van der Waals surface area (Å²) in [4.78, 5) is 19.7. The summed E-state index contributed by atoms with van der Waals surface area (Å²) in [5.74, 6) is -0.109. The summed E-state index contributed by atoms with van der Waals surface area (Å²) in [6.07, 6.45) is 5.87. The second-order valence-electron chi connectivity index (χ2n) is 11.0. The van der Waals surface area contributed by atoms with Crippen LogP contribution in [0.1, 0.15) is 70.9 Å². The number of amides is 1. The van der Waals surface area contributed by atoms with Crippen molar-refractivity contribution >= 4 is 38.2 Å². The van der Waals surface area contributed by atoms with E-state index in [1.807, 2.05) is 12.3 Å². The van der Waals surface area contributed by atoms with Crippen LogP contribution in [-0.4, -0.2) is 53.9 Å². The van der Waals surface area contributed by atoms with Gasteiger partial charge in [-0.05, 0) is 90.9 Å². The molecule has 2 aliphatic heterocycles. The lowest BCUT2D eigenvalue weighted by molar-refractivity contribution is 0.100. The van der Waals surface area contributed by atoms with Gasteiger partial charge in [-0.2, -0.15) is 0 Å². The number of primary amides is 1. The second kappa shape index (κ2) is 11.1. The van der Waals surface area contributed by atoms with Gasteiger partial charge in [0.2, 0.25) is 10.0 Å². The summed E-state index contributed by atoms with van der Waals surface area (Å²) in [6.45, 7) is 4.73. The number of aromatic nitrogens is 1. The molecule has 1 atom stereocenters. The van der Waals surface area contributed by atoms with Crippen molar-refractivity contribution in [3.63, 3.8) is 0 Å². The molecule has 0 saturated carbocycles. The van der Waals surface area contributed by atoms with E-state index in [1.165, 1.54) is 23.3 Å². The first kappa shape index (κ1) is 27.2. The fraction of sp³-hybridized carbons (Fsp3) is 0.387. The van der Waals surface area contributed by atoms with Crippen LogP contribution in [0, 0.1) is 0 Å². The number of likely N-dealkylation sites (tertiary alicyclic amines) is 1. The second-order valence-corrected chi connectivity index (χ2v) is 14.2. The normalized spacial score (nSPS) is 19.5. The molecule has 210 valence electrons. The molecule has 40 heavy (non-hydrogen) atoms. The minimum atomic E-state index is -3.18. The van der Waals surface area contributed by atoms with Crippen LogP contribution in [0.3, 0.4) is 0 Å². The Morgan fingerprint density at radius 2 is 1.82 bits per heavy atom. The van der Waals surface area contributed by atoms with E-state index in [1.54, 1.807) is 22.6 Å². The number of carbonyl (C=O) groups excluding carboxylic acids is 1. The standard InChI is InChI=1S/C31H36N4O3S2/c1-2-40(37,38)35-13-10-21(11-14-35)28-18-33-30-26(28)16-23(17-27(30)31(32)36)24-15-25(39-20-24)19-34-12-6-9-29(34)22-7-4-3-5-8-22/h3-5,7-8,15-18,20-21,29,33H,2,6,9-14,19H2,1H3,(H2,32,36). The molecule has 4 aromatic rings. The number of rotatable bonds is 8. The van der Waals surface area contributed by atoms with E-state index in [0.29, 0.717) is 24.7 Å². The Hall–Kier alpha value is -2.98. The van der Waals surface area contributed by atoms with Gasteiger partial charge >= 0.3 is 0 Å². The molecule has 0 bridgehead atoms. The number of fused-ring (bicyclic) bond motifs is 1. The summed E-state index contributed by atoms with van der Waals surface area (Å²) in [5, 5.41) is 3.18. The molecule has 9 heteroatoms. The van der Waals surface area contributed by atoms with Crippen LogP contribution in [-0.2, 0) is 16.6 Å². The smallest absolute Gasteiger partial charge is 0.250 e. The van der Waals surface area contributed by atoms with E-state index >= 15 is 0 Å². The number of sulfonamides is 1. The number of nitrogens with one attached hydrogen (secondary N) is 1. The van der Waals surface area contributed by atoms with Crippen molar-refractivity contribution in [2.75, 3.05) is 25.4 Å². The number of piperidine rings is 1. The largest absolute Gasteiger partial charge is 0.366 e. The monoisotopic (exact) mass is 576 g/mol. The van der Waals surface area contributed by atoms with Gasteiger partial charge in [-0.1, -0.05) is 30.3 Å². The van der Waals surface area contributed by atoms with Gasteiger partial charge in [0.15, 0.2) is 0 Å². The minimum absolute atomic E-state index is 0.128. The van der Waals surface area contributed by atoms with Crippen molar-refractivity contribution < 1.29 is 13.2 Å². The molecule has 2 saturated heterocycles. The van der Waals surface area contributed by atoms with Gasteiger partial charge in [0.1, 0.15) is 0 Å². The highest BCUT2D eigenvalue weighted by molar-refractivity contribution is 7.89. The zero-order valence-corrected chi connectivity index (χ0v) is 24.4. The molecule has 7 nitrogen and oxygen atoms in total.